The van der Waals surface area contributed by atoms with Crippen LogP contribution < -0.4 is 10.6 Å². The largest absolute Gasteiger partial charge is 0.340 e. The van der Waals surface area contributed by atoms with Crippen molar-refractivity contribution in [1.29, 1.82) is 0 Å². The van der Waals surface area contributed by atoms with Crippen LogP contribution in [-0.2, 0) is 9.59 Å². The summed E-state index contributed by atoms with van der Waals surface area (Å²) in [4.78, 5) is 22.0. The van der Waals surface area contributed by atoms with Gasteiger partial charge in [0.1, 0.15) is 5.78 Å². The predicted molar refractivity (Wildman–Crippen MR) is 46.5 cm³/mol. The number of ketones is 1. The second-order valence-corrected chi connectivity index (χ2v) is 2.85. The molecule has 0 fully saturated rings. The summed E-state index contributed by atoms with van der Waals surface area (Å²) in [5.41, 5.74) is 0. The van der Waals surface area contributed by atoms with Crippen molar-refractivity contribution < 1.29 is 9.59 Å². The predicted octanol–water partition coefficient (Wildman–Crippen LogP) is -0.107. The number of Topliss-reactive ketones (excluding diaryl/α,β-unsaturated/α-hetero) is 1. The number of amides is 1. The molecule has 0 saturated heterocycles. The second-order valence-electron chi connectivity index (χ2n) is 2.85. The molecule has 0 aromatic carbocycles. The van der Waals surface area contributed by atoms with Crippen LogP contribution in [0.1, 0.15) is 20.8 Å². The fraction of sp³-hybridized carbons (Fsp3) is 0.750. The molecule has 0 aliphatic carbocycles. The van der Waals surface area contributed by atoms with Gasteiger partial charge in [-0.1, -0.05) is 0 Å². The van der Waals surface area contributed by atoms with Crippen molar-refractivity contribution >= 4 is 11.7 Å². The van der Waals surface area contributed by atoms with E-state index in [1.807, 2.05) is 6.92 Å². The van der Waals surface area contributed by atoms with Crippen LogP contribution in [0.15, 0.2) is 0 Å². The van der Waals surface area contributed by atoms with Gasteiger partial charge in [-0.3, -0.25) is 9.59 Å². The molecule has 0 radical (unpaired) electrons. The monoisotopic (exact) mass is 172 g/mol. The van der Waals surface area contributed by atoms with Crippen LogP contribution in [0.4, 0.5) is 0 Å². The van der Waals surface area contributed by atoms with Crippen molar-refractivity contribution in [3.05, 3.63) is 0 Å². The van der Waals surface area contributed by atoms with Crippen LogP contribution in [0, 0.1) is 5.92 Å². The second kappa shape index (κ2) is 4.87. The average Bonchev–Trinajstić information content (AvgIpc) is 2.02. The zero-order chi connectivity index (χ0) is 9.72. The number of rotatable bonds is 4. The molecular formula is C8H16N2O2. The van der Waals surface area contributed by atoms with Crippen LogP contribution in [0.3, 0.4) is 0 Å². The number of hydrogen-bond donors (Lipinski definition) is 2. The summed E-state index contributed by atoms with van der Waals surface area (Å²) in [5.74, 6) is -0.902. The first-order valence-electron chi connectivity index (χ1n) is 3.97. The minimum absolute atomic E-state index is 0.0979. The molecular weight excluding hydrogens is 156 g/mol. The molecule has 4 nitrogen and oxygen atoms in total. The Morgan fingerprint density at radius 2 is 1.75 bits per heavy atom. The van der Waals surface area contributed by atoms with Gasteiger partial charge in [0.05, 0.1) is 12.1 Å². The summed E-state index contributed by atoms with van der Waals surface area (Å²) in [6.07, 6.45) is -0.0979. The van der Waals surface area contributed by atoms with Crippen molar-refractivity contribution in [2.24, 2.45) is 5.92 Å². The number of carbonyl (C=O) groups is 2. The van der Waals surface area contributed by atoms with E-state index in [-0.39, 0.29) is 17.9 Å². The fourth-order valence-electron chi connectivity index (χ4n) is 0.595. The van der Waals surface area contributed by atoms with Gasteiger partial charge in [0.15, 0.2) is 0 Å². The maximum atomic E-state index is 11.2. The van der Waals surface area contributed by atoms with E-state index in [4.69, 9.17) is 0 Å². The third-order valence-electron chi connectivity index (χ3n) is 1.79. The van der Waals surface area contributed by atoms with Gasteiger partial charge in [-0.25, -0.2) is 0 Å². The first-order chi connectivity index (χ1) is 5.49. The van der Waals surface area contributed by atoms with Gasteiger partial charge in [-0.2, -0.15) is 0 Å². The quantitative estimate of drug-likeness (QED) is 0.459. The Morgan fingerprint density at radius 3 is 2.08 bits per heavy atom. The molecule has 2 N–H and O–H groups in total. The summed E-state index contributed by atoms with van der Waals surface area (Å²) in [6.45, 7) is 4.82. The van der Waals surface area contributed by atoms with Gasteiger partial charge < -0.3 is 10.6 Å². The van der Waals surface area contributed by atoms with Crippen molar-refractivity contribution in [3.63, 3.8) is 0 Å². The van der Waals surface area contributed by atoms with Crippen LogP contribution in [0.5, 0.6) is 0 Å². The summed E-state index contributed by atoms with van der Waals surface area (Å²) < 4.78 is 0. The van der Waals surface area contributed by atoms with Crippen molar-refractivity contribution in [3.8, 4) is 0 Å². The van der Waals surface area contributed by atoms with Crippen LogP contribution in [-0.4, -0.2) is 24.9 Å². The number of nitrogens with one attached hydrogen (secondary N) is 2. The van der Waals surface area contributed by atoms with E-state index in [0.29, 0.717) is 0 Å². The zero-order valence-corrected chi connectivity index (χ0v) is 7.97. The van der Waals surface area contributed by atoms with Gasteiger partial charge in [0, 0.05) is 0 Å². The van der Waals surface area contributed by atoms with Gasteiger partial charge in [-0.15, -0.1) is 0 Å². The van der Waals surface area contributed by atoms with Gasteiger partial charge in [0.2, 0.25) is 5.91 Å². The summed E-state index contributed by atoms with van der Waals surface area (Å²) >= 11 is 0. The van der Waals surface area contributed by atoms with Crippen LogP contribution >= 0.6 is 0 Å². The first kappa shape index (κ1) is 11.1. The molecule has 0 aliphatic rings. The van der Waals surface area contributed by atoms with E-state index in [0.717, 1.165) is 0 Å². The minimum atomic E-state index is -0.555. The van der Waals surface area contributed by atoms with Crippen molar-refractivity contribution in [2.45, 2.75) is 26.9 Å². The third-order valence-corrected chi connectivity index (χ3v) is 1.79. The Kier molecular flexibility index (Phi) is 4.51. The molecule has 0 bridgehead atoms. The lowest BCUT2D eigenvalue weighted by molar-refractivity contribution is -0.132. The van der Waals surface area contributed by atoms with E-state index in [2.05, 4.69) is 10.6 Å². The maximum Gasteiger partial charge on any atom is 0.231 e. The van der Waals surface area contributed by atoms with E-state index in [9.17, 15) is 9.59 Å². The van der Waals surface area contributed by atoms with Gasteiger partial charge in [0.25, 0.3) is 0 Å². The molecule has 0 aliphatic heterocycles. The molecule has 0 saturated carbocycles. The topological polar surface area (TPSA) is 58.2 Å². The van der Waals surface area contributed by atoms with Crippen molar-refractivity contribution in [2.75, 3.05) is 7.05 Å². The molecule has 4 heteroatoms. The smallest absolute Gasteiger partial charge is 0.231 e. The summed E-state index contributed by atoms with van der Waals surface area (Å²) in [7, 11) is 1.74. The number of hydrogen-bond acceptors (Lipinski definition) is 3. The Hall–Kier alpha value is -0.900. The van der Waals surface area contributed by atoms with Crippen LogP contribution in [0.25, 0.3) is 0 Å². The Bertz CT molecular complexity index is 180. The normalized spacial score (nSPS) is 15.0. The maximum absolute atomic E-state index is 11.2. The zero-order valence-electron chi connectivity index (χ0n) is 7.97. The van der Waals surface area contributed by atoms with Gasteiger partial charge >= 0.3 is 0 Å². The van der Waals surface area contributed by atoms with E-state index < -0.39 is 5.92 Å². The van der Waals surface area contributed by atoms with E-state index in [1.54, 1.807) is 14.0 Å². The average molecular weight is 172 g/mol. The Morgan fingerprint density at radius 1 is 1.25 bits per heavy atom. The summed E-state index contributed by atoms with van der Waals surface area (Å²) in [5, 5.41) is 5.49. The number of carbonyl (C=O) groups excluding carboxylic acids is 2. The molecule has 2 unspecified atom stereocenters. The molecule has 70 valence electrons. The molecule has 0 rings (SSSR count). The third kappa shape index (κ3) is 3.48. The molecule has 12 heavy (non-hydrogen) atoms. The highest BCUT2D eigenvalue weighted by Gasteiger charge is 2.17. The highest BCUT2D eigenvalue weighted by Crippen LogP contribution is 1.95. The minimum Gasteiger partial charge on any atom is -0.340 e. The standard InChI is InChI=1S/C8H16N2O2/c1-5(6(2)11)8(12)10-7(3)9-4/h5,7,9H,1-4H3,(H,10,12). The van der Waals surface area contributed by atoms with Gasteiger partial charge in [-0.05, 0) is 27.8 Å². The van der Waals surface area contributed by atoms with Crippen molar-refractivity contribution in [1.82, 2.24) is 10.6 Å². The molecule has 0 aromatic heterocycles. The summed E-state index contributed by atoms with van der Waals surface area (Å²) in [6, 6.07) is 0. The first-order valence-corrected chi connectivity index (χ1v) is 3.97. The van der Waals surface area contributed by atoms with E-state index >= 15 is 0 Å². The molecule has 0 heterocycles. The molecule has 1 amide bonds. The Balaban J connectivity index is 3.95. The van der Waals surface area contributed by atoms with Crippen LogP contribution in [0.2, 0.25) is 0 Å². The highest BCUT2D eigenvalue weighted by molar-refractivity contribution is 5.99. The SMILES string of the molecule is CNC(C)NC(=O)C(C)C(C)=O. The lowest BCUT2D eigenvalue weighted by Gasteiger charge is -2.14. The Labute approximate surface area is 72.7 Å². The highest BCUT2D eigenvalue weighted by atomic mass is 16.2. The lowest BCUT2D eigenvalue weighted by Crippen LogP contribution is -2.44. The fourth-order valence-corrected chi connectivity index (χ4v) is 0.595. The molecule has 2 atom stereocenters. The molecule has 0 aromatic rings. The molecule has 0 spiro atoms. The lowest BCUT2D eigenvalue weighted by atomic mass is 10.1. The van der Waals surface area contributed by atoms with E-state index in [1.165, 1.54) is 6.92 Å².